The molecule has 0 bridgehead atoms. The van der Waals surface area contributed by atoms with Gasteiger partial charge in [0.2, 0.25) is 5.91 Å². The van der Waals surface area contributed by atoms with Crippen molar-refractivity contribution in [3.05, 3.63) is 54.2 Å². The average Bonchev–Trinajstić information content (AvgIpc) is 3.59. The first-order chi connectivity index (χ1) is 16.8. The SMILES string of the molecule is O=C(CSc1nnc(-c2c[nH]c3ccccc23)o1)N1CCCC1c1ccc2c(c1)OCCCO2. The van der Waals surface area contributed by atoms with Crippen LogP contribution in [0.1, 0.15) is 30.9 Å². The van der Waals surface area contributed by atoms with E-state index in [0.717, 1.165) is 59.3 Å². The van der Waals surface area contributed by atoms with E-state index in [1.807, 2.05) is 53.6 Å². The maximum absolute atomic E-state index is 13.1. The number of benzene rings is 2. The Bertz CT molecular complexity index is 1330. The second-order valence-corrected chi connectivity index (χ2v) is 9.34. The third kappa shape index (κ3) is 4.00. The number of para-hydroxylation sites is 1. The molecule has 0 aliphatic carbocycles. The minimum Gasteiger partial charge on any atom is -0.490 e. The van der Waals surface area contributed by atoms with Gasteiger partial charge in [0.05, 0.1) is 30.6 Å². The highest BCUT2D eigenvalue weighted by Gasteiger charge is 2.31. The van der Waals surface area contributed by atoms with Gasteiger partial charge in [-0.25, -0.2) is 0 Å². The Kier molecular flexibility index (Phi) is 5.62. The summed E-state index contributed by atoms with van der Waals surface area (Å²) in [5.41, 5.74) is 2.95. The van der Waals surface area contributed by atoms with Crippen LogP contribution in [0.5, 0.6) is 11.5 Å². The number of aromatic nitrogens is 3. The molecule has 1 saturated heterocycles. The minimum absolute atomic E-state index is 0.0368. The van der Waals surface area contributed by atoms with Gasteiger partial charge in [-0.3, -0.25) is 4.79 Å². The third-order valence-electron chi connectivity index (χ3n) is 6.27. The van der Waals surface area contributed by atoms with Crippen molar-refractivity contribution in [2.24, 2.45) is 0 Å². The summed E-state index contributed by atoms with van der Waals surface area (Å²) < 4.78 is 17.4. The first-order valence-corrected chi connectivity index (χ1v) is 12.5. The molecule has 1 unspecified atom stereocenters. The van der Waals surface area contributed by atoms with Crippen LogP contribution >= 0.6 is 11.8 Å². The van der Waals surface area contributed by atoms with Crippen molar-refractivity contribution in [1.29, 1.82) is 0 Å². The van der Waals surface area contributed by atoms with Crippen LogP contribution in [0.25, 0.3) is 22.4 Å². The van der Waals surface area contributed by atoms with Crippen molar-refractivity contribution in [2.75, 3.05) is 25.5 Å². The molecule has 1 atom stereocenters. The van der Waals surface area contributed by atoms with E-state index in [2.05, 4.69) is 15.2 Å². The highest BCUT2D eigenvalue weighted by atomic mass is 32.2. The summed E-state index contributed by atoms with van der Waals surface area (Å²) in [7, 11) is 0. The number of nitrogens with zero attached hydrogens (tertiary/aromatic N) is 3. The monoisotopic (exact) mass is 476 g/mol. The third-order valence-corrected chi connectivity index (χ3v) is 7.08. The van der Waals surface area contributed by atoms with Gasteiger partial charge in [0, 0.05) is 30.1 Å². The van der Waals surface area contributed by atoms with E-state index in [4.69, 9.17) is 13.9 Å². The van der Waals surface area contributed by atoms with Crippen LogP contribution in [0, 0.1) is 0 Å². The smallest absolute Gasteiger partial charge is 0.277 e. The van der Waals surface area contributed by atoms with Gasteiger partial charge in [0.25, 0.3) is 11.1 Å². The predicted molar refractivity (Wildman–Crippen MR) is 128 cm³/mol. The number of ether oxygens (including phenoxy) is 2. The molecule has 34 heavy (non-hydrogen) atoms. The van der Waals surface area contributed by atoms with Crippen molar-refractivity contribution in [3.8, 4) is 23.0 Å². The predicted octanol–water partition coefficient (Wildman–Crippen LogP) is 4.84. The van der Waals surface area contributed by atoms with Crippen LogP contribution in [-0.2, 0) is 4.79 Å². The number of aromatic amines is 1. The quantitative estimate of drug-likeness (QED) is 0.412. The number of likely N-dealkylation sites (tertiary alicyclic amines) is 1. The molecule has 4 aromatic rings. The van der Waals surface area contributed by atoms with Crippen molar-refractivity contribution >= 4 is 28.6 Å². The van der Waals surface area contributed by atoms with Crippen LogP contribution in [0.3, 0.4) is 0 Å². The second-order valence-electron chi connectivity index (χ2n) is 8.41. The normalized spacial score (nSPS) is 17.8. The first-order valence-electron chi connectivity index (χ1n) is 11.5. The Balaban J connectivity index is 1.13. The van der Waals surface area contributed by atoms with Gasteiger partial charge in [0.1, 0.15) is 0 Å². The Morgan fingerprint density at radius 1 is 1.09 bits per heavy atom. The number of carbonyl (C=O) groups is 1. The standard InChI is InChI=1S/C25H24N4O4S/c30-23(15-34-25-28-27-24(33-25)18-14-26-19-6-2-1-5-17(18)19)29-10-3-7-20(29)16-8-9-21-22(13-16)32-12-4-11-31-21/h1-2,5-6,8-9,13-14,20,26H,3-4,7,10-12,15H2. The van der Waals surface area contributed by atoms with E-state index in [-0.39, 0.29) is 17.7 Å². The van der Waals surface area contributed by atoms with Crippen molar-refractivity contribution in [2.45, 2.75) is 30.5 Å². The van der Waals surface area contributed by atoms with Gasteiger partial charge in [-0.1, -0.05) is 36.0 Å². The number of nitrogens with one attached hydrogen (secondary N) is 1. The van der Waals surface area contributed by atoms with Gasteiger partial charge in [-0.05, 0) is 36.6 Å². The number of carbonyl (C=O) groups excluding carboxylic acids is 1. The lowest BCUT2D eigenvalue weighted by atomic mass is 10.0. The molecule has 2 aromatic carbocycles. The highest BCUT2D eigenvalue weighted by Crippen LogP contribution is 2.38. The lowest BCUT2D eigenvalue weighted by Crippen LogP contribution is -2.32. The Labute approximate surface area is 200 Å². The molecule has 1 amide bonds. The van der Waals surface area contributed by atoms with Gasteiger partial charge >= 0.3 is 0 Å². The zero-order valence-corrected chi connectivity index (χ0v) is 19.3. The lowest BCUT2D eigenvalue weighted by Gasteiger charge is -2.25. The molecule has 4 heterocycles. The maximum atomic E-state index is 13.1. The summed E-state index contributed by atoms with van der Waals surface area (Å²) >= 11 is 1.28. The molecule has 174 valence electrons. The number of amides is 1. The molecule has 6 rings (SSSR count). The molecule has 2 aliphatic rings. The number of fused-ring (bicyclic) bond motifs is 2. The molecule has 2 aliphatic heterocycles. The highest BCUT2D eigenvalue weighted by molar-refractivity contribution is 7.99. The van der Waals surface area contributed by atoms with Crippen molar-refractivity contribution < 1.29 is 18.7 Å². The molecule has 1 N–H and O–H groups in total. The van der Waals surface area contributed by atoms with Crippen LogP contribution in [0.15, 0.2) is 58.3 Å². The number of hydrogen-bond donors (Lipinski definition) is 1. The van der Waals surface area contributed by atoms with E-state index in [0.29, 0.717) is 24.3 Å². The van der Waals surface area contributed by atoms with Gasteiger partial charge in [0.15, 0.2) is 11.5 Å². The molecule has 8 nitrogen and oxygen atoms in total. The molecule has 0 spiro atoms. The Morgan fingerprint density at radius 2 is 1.97 bits per heavy atom. The number of hydrogen-bond acceptors (Lipinski definition) is 7. The zero-order valence-electron chi connectivity index (χ0n) is 18.5. The van der Waals surface area contributed by atoms with Crippen molar-refractivity contribution in [3.63, 3.8) is 0 Å². The van der Waals surface area contributed by atoms with Crippen LogP contribution in [0.2, 0.25) is 0 Å². The second kappa shape index (κ2) is 9.06. The molecule has 2 aromatic heterocycles. The topological polar surface area (TPSA) is 93.5 Å². The van der Waals surface area contributed by atoms with Gasteiger partial charge in [-0.2, -0.15) is 0 Å². The summed E-state index contributed by atoms with van der Waals surface area (Å²) in [6, 6.07) is 14.0. The van der Waals surface area contributed by atoms with Gasteiger partial charge in [-0.15, -0.1) is 10.2 Å². The summed E-state index contributed by atoms with van der Waals surface area (Å²) in [6.07, 6.45) is 4.64. The van der Waals surface area contributed by atoms with E-state index in [1.54, 1.807) is 0 Å². The first kappa shape index (κ1) is 21.1. The fourth-order valence-electron chi connectivity index (χ4n) is 4.63. The largest absolute Gasteiger partial charge is 0.490 e. The maximum Gasteiger partial charge on any atom is 0.277 e. The molecular weight excluding hydrogens is 452 g/mol. The lowest BCUT2D eigenvalue weighted by molar-refractivity contribution is -0.129. The Morgan fingerprint density at radius 3 is 2.91 bits per heavy atom. The molecule has 0 saturated carbocycles. The molecule has 0 radical (unpaired) electrons. The van der Waals surface area contributed by atoms with E-state index in [1.165, 1.54) is 11.8 Å². The summed E-state index contributed by atoms with van der Waals surface area (Å²) in [5, 5.41) is 9.74. The van der Waals surface area contributed by atoms with Gasteiger partial charge < -0.3 is 23.8 Å². The van der Waals surface area contributed by atoms with Crippen LogP contribution in [-0.4, -0.2) is 51.5 Å². The number of H-pyrrole nitrogens is 1. The molecule has 1 fully saturated rings. The Hall–Kier alpha value is -3.46. The summed E-state index contributed by atoms with van der Waals surface area (Å²) in [4.78, 5) is 18.3. The number of thioether (sulfide) groups is 1. The fourth-order valence-corrected chi connectivity index (χ4v) is 5.28. The minimum atomic E-state index is 0.0368. The van der Waals surface area contributed by atoms with Crippen LogP contribution < -0.4 is 9.47 Å². The molecule has 9 heteroatoms. The zero-order chi connectivity index (χ0) is 22.9. The number of rotatable bonds is 5. The van der Waals surface area contributed by atoms with Crippen molar-refractivity contribution in [1.82, 2.24) is 20.1 Å². The summed E-state index contributed by atoms with van der Waals surface area (Å²) in [5.74, 6) is 2.29. The van der Waals surface area contributed by atoms with E-state index >= 15 is 0 Å². The van der Waals surface area contributed by atoms with Crippen LogP contribution in [0.4, 0.5) is 0 Å². The molecular formula is C25H24N4O4S. The van der Waals surface area contributed by atoms with E-state index < -0.39 is 0 Å². The van der Waals surface area contributed by atoms with E-state index in [9.17, 15) is 4.79 Å². The average molecular weight is 477 g/mol. The summed E-state index contributed by atoms with van der Waals surface area (Å²) in [6.45, 7) is 2.04. The fraction of sp³-hybridized carbons (Fsp3) is 0.320.